The number of nitrogens with two attached hydrogens (primary N) is 2. The summed E-state index contributed by atoms with van der Waals surface area (Å²) in [5.41, 5.74) is 7.39. The quantitative estimate of drug-likeness (QED) is 0.00711. The normalized spacial score (nSPS) is 16.9. The van der Waals surface area contributed by atoms with Gasteiger partial charge >= 0.3 is 13.6 Å². The lowest BCUT2D eigenvalue weighted by Gasteiger charge is -2.25. The Kier molecular flexibility index (Phi) is 27.9. The summed E-state index contributed by atoms with van der Waals surface area (Å²) in [7, 11) is -4.48. The summed E-state index contributed by atoms with van der Waals surface area (Å²) in [6.45, 7) is 4.58. The van der Waals surface area contributed by atoms with Crippen LogP contribution < -0.4 is 21.2 Å². The zero-order valence-corrected chi connectivity index (χ0v) is 44.2. The van der Waals surface area contributed by atoms with Gasteiger partial charge in [-0.15, -0.1) is 0 Å². The first-order valence-corrected chi connectivity index (χ1v) is 26.5. The van der Waals surface area contributed by atoms with Gasteiger partial charge in [0, 0.05) is 36.4 Å². The molecule has 0 amide bonds. The molecule has 8 N–H and O–H groups in total. The van der Waals surface area contributed by atoms with Crippen LogP contribution in [0, 0.1) is 17.5 Å². The average molecular weight is 1160 g/mol. The molecule has 77 heavy (non-hydrogen) atoms. The Bertz CT molecular complexity index is 2470. The van der Waals surface area contributed by atoms with Gasteiger partial charge in [-0.25, -0.2) is 23.7 Å². The molecule has 1 aliphatic heterocycles. The summed E-state index contributed by atoms with van der Waals surface area (Å²) in [5.74, 6) is 0.674. The molecule has 2 aromatic carbocycles. The molecule has 0 radical (unpaired) electrons. The molecular weight excluding hydrogens is 1100 g/mol. The molecule has 1 aliphatic rings. The van der Waals surface area contributed by atoms with Crippen molar-refractivity contribution in [3.05, 3.63) is 87.8 Å². The van der Waals surface area contributed by atoms with Crippen molar-refractivity contribution in [3.63, 3.8) is 0 Å². The number of ether oxygens (including phenoxy) is 11. The van der Waals surface area contributed by atoms with Crippen molar-refractivity contribution in [2.45, 2.75) is 37.5 Å². The SMILES string of the molecule is N/C(=C\N(N)CCOCCOCCOCCOCCC(=O)Oc1c(F)cc(F)cc1F)COCCOCCOCCOCCN(Cc1ccccc1Cl)c1nc(Cl)nc2c1cnn2[C@@H]1O[C@H](COCP(=O)(O)O)[C@@H](O)[C@H]1O. The molecule has 0 unspecified atom stereocenters. The number of carbonyl (C=O) groups is 1. The van der Waals surface area contributed by atoms with Crippen molar-refractivity contribution in [3.8, 4) is 5.75 Å². The highest BCUT2D eigenvalue weighted by Gasteiger charge is 2.45. The Balaban J connectivity index is 0.869. The Morgan fingerprint density at radius 2 is 1.34 bits per heavy atom. The van der Waals surface area contributed by atoms with Gasteiger partial charge < -0.3 is 87.7 Å². The van der Waals surface area contributed by atoms with Crippen molar-refractivity contribution in [1.82, 2.24) is 24.8 Å². The zero-order valence-electron chi connectivity index (χ0n) is 41.8. The summed E-state index contributed by atoms with van der Waals surface area (Å²) < 4.78 is 112. The summed E-state index contributed by atoms with van der Waals surface area (Å²) in [5, 5.41) is 28.1. The zero-order chi connectivity index (χ0) is 55.6. The van der Waals surface area contributed by atoms with E-state index in [0.717, 1.165) is 5.56 Å². The minimum atomic E-state index is -4.48. The Morgan fingerprint density at radius 3 is 1.94 bits per heavy atom. The molecule has 0 spiro atoms. The van der Waals surface area contributed by atoms with E-state index in [0.29, 0.717) is 100 Å². The van der Waals surface area contributed by atoms with Crippen molar-refractivity contribution in [2.24, 2.45) is 11.6 Å². The summed E-state index contributed by atoms with van der Waals surface area (Å²) in [6.07, 6.45) is -3.52. The molecule has 0 bridgehead atoms. The van der Waals surface area contributed by atoms with Crippen LogP contribution in [-0.2, 0) is 63.3 Å². The number of nitrogens with zero attached hydrogens (tertiary/aromatic N) is 6. The summed E-state index contributed by atoms with van der Waals surface area (Å²) in [6, 6.07) is 8.11. The van der Waals surface area contributed by atoms with Gasteiger partial charge in [-0.1, -0.05) is 29.8 Å². The van der Waals surface area contributed by atoms with E-state index in [-0.39, 0.29) is 76.8 Å². The first kappa shape index (κ1) is 63.4. The lowest BCUT2D eigenvalue weighted by molar-refractivity contribution is -0.136. The van der Waals surface area contributed by atoms with Gasteiger partial charge in [-0.05, 0) is 23.2 Å². The first-order valence-electron chi connectivity index (χ1n) is 24.0. The number of hydrogen-bond acceptors (Lipinski definition) is 22. The average Bonchev–Trinajstić information content (AvgIpc) is 3.95. The third-order valence-corrected chi connectivity index (χ3v) is 11.7. The van der Waals surface area contributed by atoms with E-state index >= 15 is 0 Å². The smallest absolute Gasteiger partial charge is 0.350 e. The maximum absolute atomic E-state index is 13.6. The fraction of sp³-hybridized carbons (Fsp3) is 0.565. The highest BCUT2D eigenvalue weighted by atomic mass is 35.5. The van der Waals surface area contributed by atoms with Gasteiger partial charge in [-0.2, -0.15) is 15.1 Å². The molecular formula is C46H64Cl2F3N8O17P. The fourth-order valence-electron chi connectivity index (χ4n) is 6.98. The molecule has 3 heterocycles. The van der Waals surface area contributed by atoms with Crippen molar-refractivity contribution >= 4 is 53.6 Å². The minimum Gasteiger partial charge on any atom is -0.420 e. The van der Waals surface area contributed by atoms with E-state index in [9.17, 15) is 32.7 Å². The second kappa shape index (κ2) is 33.9. The lowest BCUT2D eigenvalue weighted by atomic mass is 10.1. The van der Waals surface area contributed by atoms with Crippen molar-refractivity contribution in [1.29, 1.82) is 0 Å². The standard InChI is InChI=1S/C46H64Cl2F3N8O17P/c47-35-4-2-1-3-31(35)26-57(43-34-25-54-59(44(34)56-46(48)55-43)45-41(62)40(61)38(75-45)29-74-30-77(63,64)65)6-9-67-12-15-70-19-20-72-21-22-73-28-33(52)27-58(53)7-10-68-13-16-71-18-17-69-14-11-66-8-5-39(60)76-42-36(50)23-32(49)24-37(42)51/h1-4,23-25,27,38,40-41,45,61-62H,5-22,26,28-30,52-53H2,(H2,63,64,65)/b33-27-/t38-,40-,41-,45-/m1/s1. The highest BCUT2D eigenvalue weighted by molar-refractivity contribution is 7.51. The van der Waals surface area contributed by atoms with Gasteiger partial charge in [0.25, 0.3) is 0 Å². The van der Waals surface area contributed by atoms with Gasteiger partial charge in [0.2, 0.25) is 11.0 Å². The highest BCUT2D eigenvalue weighted by Crippen LogP contribution is 2.37. The van der Waals surface area contributed by atoms with Crippen LogP contribution >= 0.6 is 30.8 Å². The number of esters is 1. The second-order valence-electron chi connectivity index (χ2n) is 16.6. The largest absolute Gasteiger partial charge is 0.420 e. The van der Waals surface area contributed by atoms with Crippen molar-refractivity contribution < 1.29 is 94.6 Å². The van der Waals surface area contributed by atoms with Crippen LogP contribution in [0.2, 0.25) is 10.3 Å². The molecule has 1 saturated heterocycles. The molecule has 4 aromatic rings. The number of halogens is 5. The van der Waals surface area contributed by atoms with E-state index in [1.165, 1.54) is 15.9 Å². The van der Waals surface area contributed by atoms with Crippen LogP contribution in [0.3, 0.4) is 0 Å². The number of fused-ring (bicyclic) bond motifs is 1. The fourth-order valence-corrected chi connectivity index (χ4v) is 7.68. The second-order valence-corrected chi connectivity index (χ2v) is 18.9. The number of aliphatic hydroxyl groups is 2. The van der Waals surface area contributed by atoms with Gasteiger partial charge in [0.1, 0.15) is 36.3 Å². The molecule has 430 valence electrons. The molecule has 31 heteroatoms. The monoisotopic (exact) mass is 1160 g/mol. The topological polar surface area (TPSA) is 319 Å². The van der Waals surface area contributed by atoms with Gasteiger partial charge in [0.05, 0.1) is 143 Å². The predicted octanol–water partition coefficient (Wildman–Crippen LogP) is 2.43. The van der Waals surface area contributed by atoms with Crippen molar-refractivity contribution in [2.75, 3.05) is 137 Å². The Morgan fingerprint density at radius 1 is 0.779 bits per heavy atom. The van der Waals surface area contributed by atoms with Crippen LogP contribution in [0.1, 0.15) is 18.2 Å². The lowest BCUT2D eigenvalue weighted by Crippen LogP contribution is -2.34. The number of hydrogen-bond donors (Lipinski definition) is 6. The molecule has 5 rings (SSSR count). The molecule has 2 aromatic heterocycles. The molecule has 0 saturated carbocycles. The third-order valence-electron chi connectivity index (χ3n) is 10.6. The number of anilines is 1. The number of carbonyl (C=O) groups excluding carboxylic acids is 1. The third kappa shape index (κ3) is 22.7. The molecule has 1 fully saturated rings. The van der Waals surface area contributed by atoms with Crippen LogP contribution in [0.5, 0.6) is 5.75 Å². The number of rotatable bonds is 39. The first-order chi connectivity index (χ1) is 37.0. The van der Waals surface area contributed by atoms with E-state index in [1.54, 1.807) is 12.3 Å². The predicted molar refractivity (Wildman–Crippen MR) is 268 cm³/mol. The number of aromatic nitrogens is 4. The van der Waals surface area contributed by atoms with Crippen LogP contribution in [0.15, 0.2) is 54.5 Å². The molecule has 4 atom stereocenters. The number of hydrazine groups is 1. The van der Waals surface area contributed by atoms with E-state index < -0.39 is 74.3 Å². The van der Waals surface area contributed by atoms with Crippen LogP contribution in [0.25, 0.3) is 11.0 Å². The van der Waals surface area contributed by atoms with E-state index in [1.807, 2.05) is 23.1 Å². The Hall–Kier alpha value is -4.40. The van der Waals surface area contributed by atoms with Gasteiger partial charge in [0.15, 0.2) is 23.5 Å². The summed E-state index contributed by atoms with van der Waals surface area (Å²) >= 11 is 13.0. The number of benzene rings is 2. The minimum absolute atomic E-state index is 0.0709. The van der Waals surface area contributed by atoms with Crippen LogP contribution in [-0.4, -0.2) is 201 Å². The number of aliphatic hydroxyl groups excluding tert-OH is 2. The molecule has 25 nitrogen and oxygen atoms in total. The van der Waals surface area contributed by atoms with Crippen LogP contribution in [0.4, 0.5) is 19.0 Å². The summed E-state index contributed by atoms with van der Waals surface area (Å²) in [4.78, 5) is 40.7. The van der Waals surface area contributed by atoms with E-state index in [4.69, 9.17) is 91.9 Å². The maximum atomic E-state index is 13.6. The van der Waals surface area contributed by atoms with Gasteiger partial charge in [-0.3, -0.25) is 9.36 Å². The molecule has 0 aliphatic carbocycles. The maximum Gasteiger partial charge on any atom is 0.350 e. The Labute approximate surface area is 450 Å². The van der Waals surface area contributed by atoms with E-state index in [2.05, 4.69) is 19.8 Å².